The molecule has 1 aromatic rings. The van der Waals surface area contributed by atoms with Crippen LogP contribution in [0.2, 0.25) is 0 Å². The molecule has 1 aromatic carbocycles. The van der Waals surface area contributed by atoms with E-state index in [9.17, 15) is 18.9 Å². The molecule has 2 saturated heterocycles. The van der Waals surface area contributed by atoms with Gasteiger partial charge in [0.05, 0.1) is 31.3 Å². The van der Waals surface area contributed by atoms with E-state index in [2.05, 4.69) is 0 Å². The van der Waals surface area contributed by atoms with E-state index in [1.54, 1.807) is 38.1 Å². The number of benzene rings is 1. The van der Waals surface area contributed by atoms with Gasteiger partial charge in [-0.15, -0.1) is 0 Å². The molecule has 3 aliphatic heterocycles. The van der Waals surface area contributed by atoms with E-state index >= 15 is 4.39 Å². The molecule has 0 N–H and O–H groups in total. The molecule has 0 bridgehead atoms. The van der Waals surface area contributed by atoms with E-state index in [0.29, 0.717) is 5.56 Å². The Labute approximate surface area is 195 Å². The smallest absolute Gasteiger partial charge is 0.459 e. The Kier molecular flexibility index (Phi) is 6.76. The van der Waals surface area contributed by atoms with Crippen molar-refractivity contribution in [3.05, 3.63) is 47.7 Å². The maximum Gasteiger partial charge on any atom is 0.475 e. The topological polar surface area (TPSA) is 118 Å². The maximum absolute atomic E-state index is 15.8. The summed E-state index contributed by atoms with van der Waals surface area (Å²) in [5.41, 5.74) is -1.68. The third-order valence-electron chi connectivity index (χ3n) is 5.57. The summed E-state index contributed by atoms with van der Waals surface area (Å²) >= 11 is 0. The Hall–Kier alpha value is -2.43. The summed E-state index contributed by atoms with van der Waals surface area (Å²) in [4.78, 5) is 37.0. The molecule has 1 amide bonds. The summed E-state index contributed by atoms with van der Waals surface area (Å²) in [5.74, 6) is -1.59. The van der Waals surface area contributed by atoms with Gasteiger partial charge in [0.1, 0.15) is 12.2 Å². The molecule has 0 aromatic heterocycles. The number of phosphoric ester groups is 1. The van der Waals surface area contributed by atoms with Gasteiger partial charge in [-0.1, -0.05) is 18.2 Å². The number of allylic oxidation sites excluding steroid dienone is 1. The van der Waals surface area contributed by atoms with E-state index < -0.39 is 56.0 Å². The van der Waals surface area contributed by atoms with E-state index in [0.717, 1.165) is 24.1 Å². The third kappa shape index (κ3) is 4.85. The lowest BCUT2D eigenvalue weighted by molar-refractivity contribution is -0.150. The molecule has 4 rings (SSSR count). The van der Waals surface area contributed by atoms with E-state index in [-0.39, 0.29) is 24.9 Å². The van der Waals surface area contributed by atoms with Crippen molar-refractivity contribution in [1.82, 2.24) is 4.90 Å². The monoisotopic (exact) mass is 497 g/mol. The van der Waals surface area contributed by atoms with Crippen LogP contribution in [0.3, 0.4) is 0 Å². The van der Waals surface area contributed by atoms with Crippen molar-refractivity contribution in [2.45, 2.75) is 64.0 Å². The minimum absolute atomic E-state index is 0.224. The second-order valence-corrected chi connectivity index (χ2v) is 10.2. The number of carbonyl (C=O) groups excluding carboxylic acids is 3. The fourth-order valence-electron chi connectivity index (χ4n) is 3.94. The first kappa shape index (κ1) is 24.7. The number of phosphoric acid groups is 1. The van der Waals surface area contributed by atoms with E-state index in [1.165, 1.54) is 0 Å². The largest absolute Gasteiger partial charge is 0.475 e. The predicted molar refractivity (Wildman–Crippen MR) is 114 cm³/mol. The lowest BCUT2D eigenvalue weighted by atomic mass is 9.97. The van der Waals surface area contributed by atoms with Crippen molar-refractivity contribution in [3.8, 4) is 0 Å². The molecule has 184 valence electrons. The van der Waals surface area contributed by atoms with Gasteiger partial charge in [-0.05, 0) is 38.5 Å². The van der Waals surface area contributed by atoms with Crippen molar-refractivity contribution in [2.24, 2.45) is 0 Å². The van der Waals surface area contributed by atoms with Crippen LogP contribution in [-0.2, 0) is 43.8 Å². The van der Waals surface area contributed by atoms with Crippen molar-refractivity contribution in [3.63, 3.8) is 0 Å². The summed E-state index contributed by atoms with van der Waals surface area (Å²) < 4.78 is 55.9. The number of rotatable bonds is 6. The first-order valence-corrected chi connectivity index (χ1v) is 12.2. The quantitative estimate of drug-likeness (QED) is 0.332. The predicted octanol–water partition coefficient (Wildman–Crippen LogP) is 3.06. The van der Waals surface area contributed by atoms with Crippen molar-refractivity contribution in [2.75, 3.05) is 6.61 Å². The average molecular weight is 497 g/mol. The number of ether oxygens (including phenoxy) is 2. The number of nitrogens with zero attached hydrogens (tertiary/aromatic N) is 1. The van der Waals surface area contributed by atoms with Crippen LogP contribution in [-0.4, -0.2) is 59.4 Å². The number of esters is 1. The molecule has 3 heterocycles. The fourth-order valence-corrected chi connectivity index (χ4v) is 5.38. The van der Waals surface area contributed by atoms with Gasteiger partial charge in [0.15, 0.2) is 17.7 Å². The molecule has 3 aliphatic rings. The first-order valence-electron chi connectivity index (χ1n) is 10.7. The summed E-state index contributed by atoms with van der Waals surface area (Å²) in [6, 6.07) is 6.45. The number of hydrogen-bond acceptors (Lipinski definition) is 9. The fraction of sp³-hybridized carbons (Fsp3) is 0.500. The summed E-state index contributed by atoms with van der Waals surface area (Å²) in [5, 5.41) is 0. The average Bonchev–Trinajstić information content (AvgIpc) is 3.02. The number of amides is 1. The SMILES string of the molecule is CC(C)OC(=O)c1ccccc1COP1(=O)OC[C@H]2O[C@@H](N3C=CC(=O)CC3=O)[C@](C)(F)[C@@H]2O1. The minimum atomic E-state index is -4.25. The van der Waals surface area contributed by atoms with E-state index in [1.807, 2.05) is 0 Å². The van der Waals surface area contributed by atoms with Crippen LogP contribution in [0.25, 0.3) is 0 Å². The van der Waals surface area contributed by atoms with Crippen molar-refractivity contribution >= 4 is 25.5 Å². The van der Waals surface area contributed by atoms with Crippen LogP contribution < -0.4 is 0 Å². The standard InChI is InChI=1S/C22H25FNO9P/c1-13(2)31-20(27)16-7-5-4-6-14(16)11-29-34(28)30-12-17-19(33-34)22(3,23)21(32-17)24-9-8-15(25)10-18(24)26/h4-9,13,17,19,21H,10-12H2,1-3H3/t17-,19-,21-,22-,34?/m1/s1. The molecular formula is C22H25FNO9P. The molecular weight excluding hydrogens is 472 g/mol. The van der Waals surface area contributed by atoms with Crippen molar-refractivity contribution < 1.29 is 46.4 Å². The number of hydrogen-bond donors (Lipinski definition) is 0. The maximum atomic E-state index is 15.8. The molecule has 12 heteroatoms. The van der Waals surface area contributed by atoms with Gasteiger partial charge in [0.2, 0.25) is 5.91 Å². The number of alkyl halides is 1. The second-order valence-electron chi connectivity index (χ2n) is 8.59. The first-order chi connectivity index (χ1) is 16.0. The zero-order chi connectivity index (χ0) is 24.7. The Bertz CT molecular complexity index is 1070. The lowest BCUT2D eigenvalue weighted by Gasteiger charge is -2.35. The molecule has 0 radical (unpaired) electrons. The van der Waals surface area contributed by atoms with Gasteiger partial charge in [0.25, 0.3) is 0 Å². The highest BCUT2D eigenvalue weighted by molar-refractivity contribution is 7.48. The molecule has 0 aliphatic carbocycles. The van der Waals surface area contributed by atoms with E-state index in [4.69, 9.17) is 23.0 Å². The van der Waals surface area contributed by atoms with Gasteiger partial charge >= 0.3 is 13.8 Å². The molecule has 0 saturated carbocycles. The number of ketones is 1. The van der Waals surface area contributed by atoms with Gasteiger partial charge in [-0.2, -0.15) is 0 Å². The van der Waals surface area contributed by atoms with Crippen LogP contribution in [0, 0.1) is 0 Å². The van der Waals surface area contributed by atoms with Crippen LogP contribution >= 0.6 is 7.82 Å². The number of halogens is 1. The van der Waals surface area contributed by atoms with Crippen LogP contribution in [0.4, 0.5) is 4.39 Å². The zero-order valence-corrected chi connectivity index (χ0v) is 19.7. The lowest BCUT2D eigenvalue weighted by Crippen LogP contribution is -2.52. The Balaban J connectivity index is 1.47. The zero-order valence-electron chi connectivity index (χ0n) is 18.8. The molecule has 0 spiro atoms. The summed E-state index contributed by atoms with van der Waals surface area (Å²) in [6.45, 7) is 3.96. The molecule has 1 unspecified atom stereocenters. The normalized spacial score (nSPS) is 33.3. The van der Waals surface area contributed by atoms with Gasteiger partial charge in [0, 0.05) is 6.20 Å². The Morgan fingerprint density at radius 1 is 1.32 bits per heavy atom. The van der Waals surface area contributed by atoms with Crippen molar-refractivity contribution in [1.29, 1.82) is 0 Å². The Morgan fingerprint density at radius 3 is 2.76 bits per heavy atom. The highest BCUT2D eigenvalue weighted by atomic mass is 31.2. The highest BCUT2D eigenvalue weighted by Gasteiger charge is 2.63. The third-order valence-corrected chi connectivity index (χ3v) is 6.96. The van der Waals surface area contributed by atoms with Gasteiger partial charge in [-0.3, -0.25) is 28.1 Å². The number of fused-ring (bicyclic) bond motifs is 1. The molecule has 34 heavy (non-hydrogen) atoms. The molecule has 5 atom stereocenters. The van der Waals surface area contributed by atoms with Gasteiger partial charge in [-0.25, -0.2) is 13.8 Å². The van der Waals surface area contributed by atoms with Gasteiger partial charge < -0.3 is 9.47 Å². The van der Waals surface area contributed by atoms with Crippen LogP contribution in [0.5, 0.6) is 0 Å². The van der Waals surface area contributed by atoms with Crippen LogP contribution in [0.15, 0.2) is 36.5 Å². The summed E-state index contributed by atoms with van der Waals surface area (Å²) in [6.07, 6.45) is -2.14. The summed E-state index contributed by atoms with van der Waals surface area (Å²) in [7, 11) is -4.25. The van der Waals surface area contributed by atoms with Crippen LogP contribution in [0.1, 0.15) is 43.1 Å². The Morgan fingerprint density at radius 2 is 2.06 bits per heavy atom. The number of carbonyl (C=O) groups is 3. The highest BCUT2D eigenvalue weighted by Crippen LogP contribution is 2.58. The minimum Gasteiger partial charge on any atom is -0.459 e. The molecule has 2 fully saturated rings. The molecule has 10 nitrogen and oxygen atoms in total. The second kappa shape index (κ2) is 9.31.